The number of urea groups is 1. The van der Waals surface area contributed by atoms with Crippen molar-refractivity contribution in [3.63, 3.8) is 0 Å². The highest BCUT2D eigenvalue weighted by Gasteiger charge is 2.40. The summed E-state index contributed by atoms with van der Waals surface area (Å²) in [4.78, 5) is 49.1. The number of benzene rings is 1. The Labute approximate surface area is 167 Å². The molecule has 1 heterocycles. The van der Waals surface area contributed by atoms with E-state index in [9.17, 15) is 19.2 Å². The lowest BCUT2D eigenvalue weighted by atomic mass is 10.0. The van der Waals surface area contributed by atoms with E-state index in [1.54, 1.807) is 19.1 Å². The van der Waals surface area contributed by atoms with E-state index in [0.29, 0.717) is 12.2 Å². The predicted octanol–water partition coefficient (Wildman–Crippen LogP) is 1.95. The van der Waals surface area contributed by atoms with Gasteiger partial charge in [0.05, 0.1) is 6.61 Å². The molecule has 9 nitrogen and oxygen atoms in total. The van der Waals surface area contributed by atoms with Gasteiger partial charge in [-0.25, -0.2) is 9.59 Å². The Morgan fingerprint density at radius 3 is 2.59 bits per heavy atom. The van der Waals surface area contributed by atoms with Gasteiger partial charge in [0, 0.05) is 6.04 Å². The molecule has 0 radical (unpaired) electrons. The molecule has 1 aliphatic carbocycles. The Bertz CT molecular complexity index is 872. The van der Waals surface area contributed by atoms with E-state index < -0.39 is 30.4 Å². The number of amides is 4. The molecular weight excluding hydrogens is 380 g/mol. The molecular formula is C20H22N2O7. The molecule has 1 aromatic carbocycles. The van der Waals surface area contributed by atoms with Crippen LogP contribution in [0.5, 0.6) is 11.5 Å². The fourth-order valence-corrected chi connectivity index (χ4v) is 3.47. The third-order valence-corrected chi connectivity index (χ3v) is 4.75. The van der Waals surface area contributed by atoms with Crippen LogP contribution in [0.4, 0.5) is 4.79 Å². The normalized spacial score (nSPS) is 18.9. The average Bonchev–Trinajstić information content (AvgIpc) is 3.18. The summed E-state index contributed by atoms with van der Waals surface area (Å²) >= 11 is 0. The van der Waals surface area contributed by atoms with Crippen LogP contribution in [-0.2, 0) is 14.4 Å². The van der Waals surface area contributed by atoms with Crippen LogP contribution in [0, 0.1) is 0 Å². The minimum Gasteiger partial charge on any atom is -0.490 e. The summed E-state index contributed by atoms with van der Waals surface area (Å²) in [6.07, 6.45) is 4.71. The van der Waals surface area contributed by atoms with Gasteiger partial charge in [-0.3, -0.25) is 19.8 Å². The molecule has 2 fully saturated rings. The topological polar surface area (TPSA) is 122 Å². The van der Waals surface area contributed by atoms with Crippen LogP contribution < -0.4 is 14.8 Å². The first-order valence-corrected chi connectivity index (χ1v) is 9.42. The Morgan fingerprint density at radius 1 is 1.21 bits per heavy atom. The summed E-state index contributed by atoms with van der Waals surface area (Å²) in [5.41, 5.74) is 0.341. The summed E-state index contributed by atoms with van der Waals surface area (Å²) in [7, 11) is 0. The quantitative estimate of drug-likeness (QED) is 0.528. The molecule has 0 spiro atoms. The van der Waals surface area contributed by atoms with Gasteiger partial charge in [0.1, 0.15) is 5.57 Å². The third-order valence-electron chi connectivity index (χ3n) is 4.75. The molecule has 0 atom stereocenters. The van der Waals surface area contributed by atoms with Gasteiger partial charge in [0.25, 0.3) is 11.8 Å². The van der Waals surface area contributed by atoms with E-state index >= 15 is 0 Å². The highest BCUT2D eigenvalue weighted by molar-refractivity contribution is 6.31. The summed E-state index contributed by atoms with van der Waals surface area (Å²) in [5, 5.41) is 11.0. The van der Waals surface area contributed by atoms with E-state index in [0.717, 1.165) is 30.6 Å². The van der Waals surface area contributed by atoms with E-state index in [1.807, 2.05) is 0 Å². The molecule has 154 valence electrons. The van der Waals surface area contributed by atoms with Crippen LogP contribution in [0.2, 0.25) is 0 Å². The molecule has 4 amide bonds. The van der Waals surface area contributed by atoms with Crippen molar-refractivity contribution in [3.8, 4) is 11.5 Å². The standard InChI is InChI=1S/C20H22N2O7/c1-2-28-16-10-12(7-8-15(16)29-11-17(23)24)9-14-18(25)21-20(27)22(19(14)26)13-5-3-4-6-13/h7-10,13H,2-6,11H2,1H3,(H,23,24)(H,21,25,27)/b14-9+. The maximum absolute atomic E-state index is 12.8. The number of rotatable bonds is 7. The SMILES string of the molecule is CCOc1cc(/C=C2\C(=O)NC(=O)N(C3CCCC3)C2=O)ccc1OCC(=O)O. The maximum atomic E-state index is 12.8. The molecule has 9 heteroatoms. The fourth-order valence-electron chi connectivity index (χ4n) is 3.47. The first kappa shape index (κ1) is 20.4. The number of hydrogen-bond acceptors (Lipinski definition) is 6. The van der Waals surface area contributed by atoms with Crippen molar-refractivity contribution < 1.29 is 33.8 Å². The zero-order valence-corrected chi connectivity index (χ0v) is 16.0. The number of carbonyl (C=O) groups excluding carboxylic acids is 3. The zero-order valence-electron chi connectivity index (χ0n) is 16.0. The van der Waals surface area contributed by atoms with Gasteiger partial charge >= 0.3 is 12.0 Å². The van der Waals surface area contributed by atoms with Gasteiger partial charge < -0.3 is 14.6 Å². The highest BCUT2D eigenvalue weighted by atomic mass is 16.5. The number of carboxylic acid groups (broad SMARTS) is 1. The van der Waals surface area contributed by atoms with Gasteiger partial charge in [-0.05, 0) is 43.5 Å². The van der Waals surface area contributed by atoms with Crippen LogP contribution in [0.3, 0.4) is 0 Å². The van der Waals surface area contributed by atoms with E-state index in [4.69, 9.17) is 14.6 Å². The van der Waals surface area contributed by atoms with Crippen molar-refractivity contribution in [2.24, 2.45) is 0 Å². The number of barbiturate groups is 1. The van der Waals surface area contributed by atoms with Gasteiger partial charge in [-0.15, -0.1) is 0 Å². The molecule has 0 aromatic heterocycles. The molecule has 1 saturated heterocycles. The number of ether oxygens (including phenoxy) is 2. The van der Waals surface area contributed by atoms with Gasteiger partial charge in [-0.2, -0.15) is 0 Å². The van der Waals surface area contributed by atoms with Crippen LogP contribution in [0.15, 0.2) is 23.8 Å². The molecule has 0 unspecified atom stereocenters. The Kier molecular flexibility index (Phi) is 6.16. The summed E-state index contributed by atoms with van der Waals surface area (Å²) < 4.78 is 10.7. The number of hydrogen-bond donors (Lipinski definition) is 2. The van der Waals surface area contributed by atoms with Gasteiger partial charge in [0.15, 0.2) is 18.1 Å². The lowest BCUT2D eigenvalue weighted by molar-refractivity contribution is -0.139. The molecule has 0 bridgehead atoms. The van der Waals surface area contributed by atoms with E-state index in [1.165, 1.54) is 12.1 Å². The van der Waals surface area contributed by atoms with Crippen molar-refractivity contribution in [2.45, 2.75) is 38.6 Å². The lowest BCUT2D eigenvalue weighted by Crippen LogP contribution is -2.57. The summed E-state index contributed by atoms with van der Waals surface area (Å²) in [5.74, 6) is -1.97. The van der Waals surface area contributed by atoms with E-state index in [2.05, 4.69) is 5.32 Å². The second-order valence-electron chi connectivity index (χ2n) is 6.75. The number of aliphatic carboxylic acids is 1. The van der Waals surface area contributed by atoms with Crippen molar-refractivity contribution in [1.29, 1.82) is 0 Å². The third kappa shape index (κ3) is 4.56. The Balaban J connectivity index is 1.89. The van der Waals surface area contributed by atoms with Crippen molar-refractivity contribution in [3.05, 3.63) is 29.3 Å². The van der Waals surface area contributed by atoms with Crippen LogP contribution in [-0.4, -0.2) is 53.1 Å². The smallest absolute Gasteiger partial charge is 0.341 e. The van der Waals surface area contributed by atoms with Gasteiger partial charge in [0.2, 0.25) is 0 Å². The second kappa shape index (κ2) is 8.76. The fraction of sp³-hybridized carbons (Fsp3) is 0.400. The first-order chi connectivity index (χ1) is 13.9. The highest BCUT2D eigenvalue weighted by Crippen LogP contribution is 2.31. The number of nitrogens with one attached hydrogen (secondary N) is 1. The number of carbonyl (C=O) groups is 4. The zero-order chi connectivity index (χ0) is 21.0. The van der Waals surface area contributed by atoms with Crippen molar-refractivity contribution >= 4 is 29.9 Å². The van der Waals surface area contributed by atoms with Gasteiger partial charge in [-0.1, -0.05) is 18.9 Å². The maximum Gasteiger partial charge on any atom is 0.341 e. The van der Waals surface area contributed by atoms with E-state index in [-0.39, 0.29) is 23.1 Å². The molecule has 29 heavy (non-hydrogen) atoms. The largest absolute Gasteiger partial charge is 0.490 e. The number of imide groups is 2. The number of carboxylic acids is 1. The predicted molar refractivity (Wildman–Crippen MR) is 101 cm³/mol. The van der Waals surface area contributed by atoms with Crippen LogP contribution >= 0.6 is 0 Å². The molecule has 1 saturated carbocycles. The minimum absolute atomic E-state index is 0.141. The molecule has 2 N–H and O–H groups in total. The van der Waals surface area contributed by atoms with Crippen LogP contribution in [0.25, 0.3) is 6.08 Å². The average molecular weight is 402 g/mol. The first-order valence-electron chi connectivity index (χ1n) is 9.42. The summed E-state index contributed by atoms with van der Waals surface area (Å²) in [6, 6.07) is 3.74. The molecule has 1 aromatic rings. The lowest BCUT2D eigenvalue weighted by Gasteiger charge is -2.31. The Morgan fingerprint density at radius 2 is 1.93 bits per heavy atom. The molecule has 2 aliphatic rings. The van der Waals surface area contributed by atoms with Crippen LogP contribution in [0.1, 0.15) is 38.2 Å². The van der Waals surface area contributed by atoms with Crippen molar-refractivity contribution in [2.75, 3.05) is 13.2 Å². The number of nitrogens with zero attached hydrogens (tertiary/aromatic N) is 1. The molecule has 3 rings (SSSR count). The Hall–Kier alpha value is -3.36. The summed E-state index contributed by atoms with van der Waals surface area (Å²) in [6.45, 7) is 1.54. The second-order valence-corrected chi connectivity index (χ2v) is 6.75. The molecule has 1 aliphatic heterocycles. The van der Waals surface area contributed by atoms with Crippen molar-refractivity contribution in [1.82, 2.24) is 10.2 Å². The minimum atomic E-state index is -1.13. The monoisotopic (exact) mass is 402 g/mol.